The monoisotopic (exact) mass is 294 g/mol. The Balaban J connectivity index is 2.22. The third-order valence-electron chi connectivity index (χ3n) is 2.31. The van der Waals surface area contributed by atoms with Crippen LogP contribution in [0.3, 0.4) is 0 Å². The maximum absolute atomic E-state index is 11.9. The van der Waals surface area contributed by atoms with Gasteiger partial charge in [-0.05, 0) is 47.1 Å². The molecular formula is C12H11BrN2O2. The summed E-state index contributed by atoms with van der Waals surface area (Å²) in [6.07, 6.45) is 1.49. The number of nitrogens with one attached hydrogen (secondary N) is 1. The van der Waals surface area contributed by atoms with Crippen LogP contribution >= 0.6 is 15.9 Å². The Kier molecular flexibility index (Phi) is 3.19. The predicted octanol–water partition coefficient (Wildman–Crippen LogP) is 3.19. The lowest BCUT2D eigenvalue weighted by atomic mass is 10.2. The maximum atomic E-state index is 11.9. The first-order valence-electron chi connectivity index (χ1n) is 4.98. The van der Waals surface area contributed by atoms with Crippen molar-refractivity contribution in [1.29, 1.82) is 0 Å². The van der Waals surface area contributed by atoms with E-state index in [0.29, 0.717) is 17.1 Å². The van der Waals surface area contributed by atoms with Gasteiger partial charge in [0.2, 0.25) is 0 Å². The van der Waals surface area contributed by atoms with Crippen molar-refractivity contribution in [3.8, 4) is 0 Å². The fourth-order valence-corrected chi connectivity index (χ4v) is 1.91. The van der Waals surface area contributed by atoms with Crippen LogP contribution in [0.5, 0.6) is 0 Å². The molecule has 4 nitrogen and oxygen atoms in total. The predicted molar refractivity (Wildman–Crippen MR) is 70.0 cm³/mol. The summed E-state index contributed by atoms with van der Waals surface area (Å²) >= 11 is 3.33. The molecule has 1 heterocycles. The lowest BCUT2D eigenvalue weighted by Gasteiger charge is -2.06. The van der Waals surface area contributed by atoms with Gasteiger partial charge >= 0.3 is 0 Å². The number of nitrogen functional groups attached to an aromatic ring is 1. The number of furan rings is 1. The van der Waals surface area contributed by atoms with Crippen molar-refractivity contribution in [1.82, 2.24) is 0 Å². The summed E-state index contributed by atoms with van der Waals surface area (Å²) in [6, 6.07) is 6.92. The first kappa shape index (κ1) is 11.7. The van der Waals surface area contributed by atoms with Crippen LogP contribution in [0.4, 0.5) is 11.4 Å². The number of aryl methyl sites for hydroxylation is 1. The topological polar surface area (TPSA) is 68.3 Å². The van der Waals surface area contributed by atoms with Crippen LogP contribution < -0.4 is 11.1 Å². The second-order valence-electron chi connectivity index (χ2n) is 3.63. The Hall–Kier alpha value is -1.75. The maximum Gasteiger partial charge on any atom is 0.291 e. The molecular weight excluding hydrogens is 284 g/mol. The summed E-state index contributed by atoms with van der Waals surface area (Å²) in [6.45, 7) is 1.82. The van der Waals surface area contributed by atoms with E-state index in [4.69, 9.17) is 10.2 Å². The molecule has 17 heavy (non-hydrogen) atoms. The van der Waals surface area contributed by atoms with Crippen LogP contribution in [0.2, 0.25) is 0 Å². The second kappa shape index (κ2) is 4.63. The number of carbonyl (C=O) groups is 1. The van der Waals surface area contributed by atoms with Crippen LogP contribution in [0.25, 0.3) is 0 Å². The molecule has 0 aliphatic heterocycles. The standard InChI is InChI=1S/C12H11BrN2O2/c1-7-4-5-17-11(7)12(16)15-10-3-2-8(14)6-9(10)13/h2-6H,14H2,1H3,(H,15,16). The summed E-state index contributed by atoms with van der Waals surface area (Å²) in [5, 5.41) is 2.75. The number of anilines is 2. The van der Waals surface area contributed by atoms with Gasteiger partial charge in [-0.1, -0.05) is 0 Å². The number of hydrogen-bond acceptors (Lipinski definition) is 3. The number of amides is 1. The molecule has 2 aromatic rings. The van der Waals surface area contributed by atoms with Crippen molar-refractivity contribution in [2.75, 3.05) is 11.1 Å². The fourth-order valence-electron chi connectivity index (χ4n) is 1.42. The molecule has 1 aromatic heterocycles. The van der Waals surface area contributed by atoms with Crippen LogP contribution in [-0.4, -0.2) is 5.91 Å². The zero-order valence-electron chi connectivity index (χ0n) is 9.16. The van der Waals surface area contributed by atoms with Gasteiger partial charge in [-0.25, -0.2) is 0 Å². The van der Waals surface area contributed by atoms with Gasteiger partial charge < -0.3 is 15.5 Å². The average Bonchev–Trinajstić information content (AvgIpc) is 2.68. The minimum absolute atomic E-state index is 0.280. The molecule has 0 atom stereocenters. The van der Waals surface area contributed by atoms with Crippen molar-refractivity contribution < 1.29 is 9.21 Å². The van der Waals surface area contributed by atoms with E-state index >= 15 is 0 Å². The van der Waals surface area contributed by atoms with Crippen LogP contribution in [-0.2, 0) is 0 Å². The molecule has 0 saturated heterocycles. The molecule has 88 valence electrons. The molecule has 0 bridgehead atoms. The molecule has 1 aromatic carbocycles. The molecule has 0 saturated carbocycles. The minimum atomic E-state index is -0.280. The third-order valence-corrected chi connectivity index (χ3v) is 2.97. The number of halogens is 1. The van der Waals surface area contributed by atoms with Gasteiger partial charge in [0.05, 0.1) is 12.0 Å². The average molecular weight is 295 g/mol. The van der Waals surface area contributed by atoms with E-state index < -0.39 is 0 Å². The summed E-state index contributed by atoms with van der Waals surface area (Å²) in [5.41, 5.74) is 7.70. The normalized spacial score (nSPS) is 10.2. The molecule has 0 spiro atoms. The van der Waals surface area contributed by atoms with Crippen LogP contribution in [0, 0.1) is 6.92 Å². The number of hydrogen-bond donors (Lipinski definition) is 2. The van der Waals surface area contributed by atoms with E-state index in [0.717, 1.165) is 10.0 Å². The largest absolute Gasteiger partial charge is 0.459 e. The Labute approximate surface area is 107 Å². The van der Waals surface area contributed by atoms with Crippen molar-refractivity contribution in [3.05, 3.63) is 46.3 Å². The quantitative estimate of drug-likeness (QED) is 0.836. The Morgan fingerprint density at radius 2 is 2.18 bits per heavy atom. The summed E-state index contributed by atoms with van der Waals surface area (Å²) in [5.74, 6) is 0.0340. The molecule has 0 unspecified atom stereocenters. The molecule has 1 amide bonds. The zero-order valence-corrected chi connectivity index (χ0v) is 10.7. The first-order chi connectivity index (χ1) is 8.08. The third kappa shape index (κ3) is 2.50. The van der Waals surface area contributed by atoms with Gasteiger partial charge in [0, 0.05) is 15.7 Å². The van der Waals surface area contributed by atoms with Gasteiger partial charge in [-0.2, -0.15) is 0 Å². The van der Waals surface area contributed by atoms with Crippen molar-refractivity contribution in [2.24, 2.45) is 0 Å². The SMILES string of the molecule is Cc1ccoc1C(=O)Nc1ccc(N)cc1Br. The van der Waals surface area contributed by atoms with Gasteiger partial charge in [0.15, 0.2) is 5.76 Å². The first-order valence-corrected chi connectivity index (χ1v) is 5.77. The molecule has 0 fully saturated rings. The van der Waals surface area contributed by atoms with E-state index in [-0.39, 0.29) is 5.91 Å². The van der Waals surface area contributed by atoms with Gasteiger partial charge in [-0.15, -0.1) is 0 Å². The van der Waals surface area contributed by atoms with Crippen LogP contribution in [0.15, 0.2) is 39.4 Å². The summed E-state index contributed by atoms with van der Waals surface area (Å²) < 4.78 is 5.84. The molecule has 3 N–H and O–H groups in total. The minimum Gasteiger partial charge on any atom is -0.459 e. The molecule has 2 rings (SSSR count). The Morgan fingerprint density at radius 3 is 2.76 bits per heavy atom. The Bertz CT molecular complexity index is 563. The van der Waals surface area contributed by atoms with E-state index in [2.05, 4.69) is 21.2 Å². The van der Waals surface area contributed by atoms with Crippen molar-refractivity contribution in [3.63, 3.8) is 0 Å². The summed E-state index contributed by atoms with van der Waals surface area (Å²) in [4.78, 5) is 11.9. The van der Waals surface area contributed by atoms with Gasteiger partial charge in [0.1, 0.15) is 0 Å². The fraction of sp³-hybridized carbons (Fsp3) is 0.0833. The number of rotatable bonds is 2. The highest BCUT2D eigenvalue weighted by Gasteiger charge is 2.13. The van der Waals surface area contributed by atoms with Crippen molar-refractivity contribution in [2.45, 2.75) is 6.92 Å². The highest BCUT2D eigenvalue weighted by Crippen LogP contribution is 2.25. The van der Waals surface area contributed by atoms with Gasteiger partial charge in [-0.3, -0.25) is 4.79 Å². The van der Waals surface area contributed by atoms with Crippen LogP contribution in [0.1, 0.15) is 16.1 Å². The highest BCUT2D eigenvalue weighted by molar-refractivity contribution is 9.10. The van der Waals surface area contributed by atoms with E-state index in [1.807, 2.05) is 6.92 Å². The number of benzene rings is 1. The lowest BCUT2D eigenvalue weighted by Crippen LogP contribution is -2.12. The molecule has 0 radical (unpaired) electrons. The molecule has 5 heteroatoms. The smallest absolute Gasteiger partial charge is 0.291 e. The summed E-state index contributed by atoms with van der Waals surface area (Å²) in [7, 11) is 0. The molecule has 0 aliphatic rings. The zero-order chi connectivity index (χ0) is 12.4. The number of nitrogens with two attached hydrogens (primary N) is 1. The van der Waals surface area contributed by atoms with E-state index in [1.165, 1.54) is 6.26 Å². The lowest BCUT2D eigenvalue weighted by molar-refractivity contribution is 0.0996. The van der Waals surface area contributed by atoms with E-state index in [1.54, 1.807) is 24.3 Å². The molecule has 0 aliphatic carbocycles. The number of carbonyl (C=O) groups excluding carboxylic acids is 1. The van der Waals surface area contributed by atoms with E-state index in [9.17, 15) is 4.79 Å². The highest BCUT2D eigenvalue weighted by atomic mass is 79.9. The Morgan fingerprint density at radius 1 is 1.41 bits per heavy atom. The van der Waals surface area contributed by atoms with Gasteiger partial charge in [0.25, 0.3) is 5.91 Å². The van der Waals surface area contributed by atoms with Crippen molar-refractivity contribution >= 4 is 33.2 Å². The second-order valence-corrected chi connectivity index (χ2v) is 4.48.